The van der Waals surface area contributed by atoms with Crippen LogP contribution in [0, 0.1) is 6.92 Å². The number of hydrogen-bond donors (Lipinski definition) is 1. The lowest BCUT2D eigenvalue weighted by atomic mass is 10.1. The summed E-state index contributed by atoms with van der Waals surface area (Å²) < 4.78 is 14.5. The third-order valence-electron chi connectivity index (χ3n) is 3.16. The second kappa shape index (κ2) is 9.19. The SMILES string of the molecule is COC(=O)c1ccccc1OC.COc1c(C)cccc1C(=O)O. The molecule has 0 unspecified atom stereocenters. The zero-order chi connectivity index (χ0) is 18.1. The highest BCUT2D eigenvalue weighted by Gasteiger charge is 2.11. The monoisotopic (exact) mass is 332 g/mol. The van der Waals surface area contributed by atoms with Gasteiger partial charge in [0.25, 0.3) is 0 Å². The molecule has 0 aromatic heterocycles. The van der Waals surface area contributed by atoms with E-state index in [1.165, 1.54) is 27.4 Å². The molecule has 2 rings (SSSR count). The van der Waals surface area contributed by atoms with E-state index in [1.807, 2.05) is 13.0 Å². The summed E-state index contributed by atoms with van der Waals surface area (Å²) in [7, 11) is 4.32. The van der Waals surface area contributed by atoms with Gasteiger partial charge < -0.3 is 19.3 Å². The van der Waals surface area contributed by atoms with Crippen LogP contribution < -0.4 is 9.47 Å². The van der Waals surface area contributed by atoms with Crippen LogP contribution in [0.3, 0.4) is 0 Å². The summed E-state index contributed by atoms with van der Waals surface area (Å²) >= 11 is 0. The number of ether oxygens (including phenoxy) is 3. The summed E-state index contributed by atoms with van der Waals surface area (Å²) in [4.78, 5) is 21.7. The van der Waals surface area contributed by atoms with Crippen LogP contribution in [0.4, 0.5) is 0 Å². The number of hydrogen-bond acceptors (Lipinski definition) is 5. The first-order valence-corrected chi connectivity index (χ1v) is 7.04. The van der Waals surface area contributed by atoms with Crippen LogP contribution in [0.25, 0.3) is 0 Å². The van der Waals surface area contributed by atoms with Gasteiger partial charge in [-0.05, 0) is 30.7 Å². The van der Waals surface area contributed by atoms with Crippen molar-refractivity contribution in [3.63, 3.8) is 0 Å². The standard InChI is InChI=1S/2C9H10O3/c1-11-8-6-4-3-5-7(8)9(10)12-2;1-6-4-3-5-7(9(10)11)8(6)12-2/h3-6H,1-2H3;3-5H,1-2H3,(H,10,11). The second-order valence-corrected chi connectivity index (χ2v) is 4.65. The molecule has 0 saturated carbocycles. The molecule has 24 heavy (non-hydrogen) atoms. The summed E-state index contributed by atoms with van der Waals surface area (Å²) in [6.45, 7) is 1.81. The predicted octanol–water partition coefficient (Wildman–Crippen LogP) is 3.18. The lowest BCUT2D eigenvalue weighted by Crippen LogP contribution is -2.03. The Morgan fingerprint density at radius 2 is 1.50 bits per heavy atom. The van der Waals surface area contributed by atoms with Gasteiger partial charge in [-0.1, -0.05) is 24.3 Å². The third kappa shape index (κ3) is 4.74. The van der Waals surface area contributed by atoms with E-state index >= 15 is 0 Å². The fraction of sp³-hybridized carbons (Fsp3) is 0.222. The fourth-order valence-corrected chi connectivity index (χ4v) is 2.02. The molecule has 0 aliphatic heterocycles. The molecule has 0 radical (unpaired) electrons. The quantitative estimate of drug-likeness (QED) is 0.866. The Labute approximate surface area is 140 Å². The van der Waals surface area contributed by atoms with E-state index in [9.17, 15) is 9.59 Å². The molecule has 6 nitrogen and oxygen atoms in total. The first-order chi connectivity index (χ1) is 11.5. The number of carboxylic acids is 1. The number of aryl methyl sites for hydroxylation is 1. The van der Waals surface area contributed by atoms with E-state index in [-0.39, 0.29) is 11.5 Å². The molecule has 2 aromatic rings. The van der Waals surface area contributed by atoms with Crippen molar-refractivity contribution >= 4 is 11.9 Å². The molecule has 0 bridgehead atoms. The van der Waals surface area contributed by atoms with Crippen molar-refractivity contribution in [2.45, 2.75) is 6.92 Å². The number of carbonyl (C=O) groups excluding carboxylic acids is 1. The van der Waals surface area contributed by atoms with Gasteiger partial charge in [-0.3, -0.25) is 0 Å². The van der Waals surface area contributed by atoms with Crippen molar-refractivity contribution in [1.29, 1.82) is 0 Å². The average Bonchev–Trinajstić information content (AvgIpc) is 2.61. The first kappa shape index (κ1) is 19.0. The normalized spacial score (nSPS) is 9.33. The molecule has 1 N–H and O–H groups in total. The maximum atomic E-state index is 11.1. The maximum absolute atomic E-state index is 11.1. The number of carbonyl (C=O) groups is 2. The number of aromatic carboxylic acids is 1. The maximum Gasteiger partial charge on any atom is 0.341 e. The molecule has 0 atom stereocenters. The van der Waals surface area contributed by atoms with Crippen LogP contribution >= 0.6 is 0 Å². The molecular weight excluding hydrogens is 312 g/mol. The summed E-state index contributed by atoms with van der Waals surface area (Å²) in [6.07, 6.45) is 0. The number of benzene rings is 2. The Morgan fingerprint density at radius 1 is 0.875 bits per heavy atom. The van der Waals surface area contributed by atoms with Gasteiger partial charge in [0, 0.05) is 0 Å². The highest BCUT2D eigenvalue weighted by molar-refractivity contribution is 5.92. The van der Waals surface area contributed by atoms with E-state index in [0.29, 0.717) is 17.1 Å². The van der Waals surface area contributed by atoms with Crippen molar-refractivity contribution in [1.82, 2.24) is 0 Å². The van der Waals surface area contributed by atoms with Crippen LogP contribution in [-0.4, -0.2) is 38.4 Å². The molecule has 0 aliphatic rings. The molecule has 0 spiro atoms. The Kier molecular flexibility index (Phi) is 7.29. The van der Waals surface area contributed by atoms with Gasteiger partial charge in [-0.25, -0.2) is 9.59 Å². The minimum atomic E-state index is -0.962. The van der Waals surface area contributed by atoms with Crippen LogP contribution in [0.1, 0.15) is 26.3 Å². The second-order valence-electron chi connectivity index (χ2n) is 4.65. The van der Waals surface area contributed by atoms with E-state index < -0.39 is 5.97 Å². The van der Waals surface area contributed by atoms with Crippen molar-refractivity contribution in [3.05, 3.63) is 59.2 Å². The van der Waals surface area contributed by atoms with Crippen molar-refractivity contribution in [2.24, 2.45) is 0 Å². The van der Waals surface area contributed by atoms with Gasteiger partial charge in [-0.15, -0.1) is 0 Å². The molecule has 0 aliphatic carbocycles. The van der Waals surface area contributed by atoms with Crippen molar-refractivity contribution in [3.8, 4) is 11.5 Å². The van der Waals surface area contributed by atoms with Crippen LogP contribution in [0.2, 0.25) is 0 Å². The van der Waals surface area contributed by atoms with Gasteiger partial charge in [-0.2, -0.15) is 0 Å². The smallest absolute Gasteiger partial charge is 0.341 e. The van der Waals surface area contributed by atoms with Crippen molar-refractivity contribution < 1.29 is 28.9 Å². The van der Waals surface area contributed by atoms with Gasteiger partial charge in [0.05, 0.1) is 21.3 Å². The zero-order valence-electron chi connectivity index (χ0n) is 14.0. The molecule has 0 amide bonds. The van der Waals surface area contributed by atoms with E-state index in [4.69, 9.17) is 14.6 Å². The Morgan fingerprint density at radius 3 is 2.00 bits per heavy atom. The molecule has 2 aromatic carbocycles. The minimum Gasteiger partial charge on any atom is -0.496 e. The van der Waals surface area contributed by atoms with Gasteiger partial charge in [0.1, 0.15) is 22.6 Å². The zero-order valence-corrected chi connectivity index (χ0v) is 14.0. The summed E-state index contributed by atoms with van der Waals surface area (Å²) in [6, 6.07) is 12.0. The largest absolute Gasteiger partial charge is 0.496 e. The van der Waals surface area contributed by atoms with Crippen LogP contribution in [0.15, 0.2) is 42.5 Å². The molecule has 0 saturated heterocycles. The van der Waals surface area contributed by atoms with E-state index in [1.54, 1.807) is 30.3 Å². The Hall–Kier alpha value is -3.02. The highest BCUT2D eigenvalue weighted by atomic mass is 16.5. The van der Waals surface area contributed by atoms with Crippen molar-refractivity contribution in [2.75, 3.05) is 21.3 Å². The van der Waals surface area contributed by atoms with E-state index in [2.05, 4.69) is 4.74 Å². The third-order valence-corrected chi connectivity index (χ3v) is 3.16. The lowest BCUT2D eigenvalue weighted by Gasteiger charge is -2.06. The molecule has 6 heteroatoms. The van der Waals surface area contributed by atoms with Gasteiger partial charge in [0.15, 0.2) is 0 Å². The Balaban J connectivity index is 0.000000240. The van der Waals surface area contributed by atoms with Crippen LogP contribution in [-0.2, 0) is 4.74 Å². The summed E-state index contributed by atoms with van der Waals surface area (Å²) in [5.74, 6) is -0.377. The number of esters is 1. The summed E-state index contributed by atoms with van der Waals surface area (Å²) in [5.41, 5.74) is 1.48. The summed E-state index contributed by atoms with van der Waals surface area (Å²) in [5, 5.41) is 8.74. The van der Waals surface area contributed by atoms with Gasteiger partial charge in [0.2, 0.25) is 0 Å². The Bertz CT molecular complexity index is 708. The molecular formula is C18H20O6. The first-order valence-electron chi connectivity index (χ1n) is 7.04. The topological polar surface area (TPSA) is 82.1 Å². The van der Waals surface area contributed by atoms with E-state index in [0.717, 1.165) is 5.56 Å². The lowest BCUT2D eigenvalue weighted by molar-refractivity contribution is 0.0596. The number of para-hydroxylation sites is 2. The molecule has 0 fully saturated rings. The van der Waals surface area contributed by atoms with Gasteiger partial charge >= 0.3 is 11.9 Å². The predicted molar refractivity (Wildman–Crippen MR) is 89.0 cm³/mol. The fourth-order valence-electron chi connectivity index (χ4n) is 2.02. The number of rotatable bonds is 4. The minimum absolute atomic E-state index is 0.206. The molecule has 0 heterocycles. The number of carboxylic acid groups (broad SMARTS) is 1. The molecule has 128 valence electrons. The van der Waals surface area contributed by atoms with Crippen LogP contribution in [0.5, 0.6) is 11.5 Å². The highest BCUT2D eigenvalue weighted by Crippen LogP contribution is 2.22. The average molecular weight is 332 g/mol. The number of methoxy groups -OCH3 is 3.